The van der Waals surface area contributed by atoms with Crippen LogP contribution in [0.15, 0.2) is 36.9 Å². The number of aliphatic hydroxyl groups is 1. The number of hydrogen-bond donors (Lipinski definition) is 2. The van der Waals surface area contributed by atoms with E-state index in [1.807, 2.05) is 18.2 Å². The molecule has 0 heterocycles. The molecule has 0 aliphatic carbocycles. The number of aliphatic hydroxyl groups excluding tert-OH is 1. The molecular formula is C14H21NO2. The average Bonchev–Trinajstić information content (AvgIpc) is 2.37. The first-order valence-corrected chi connectivity index (χ1v) is 6.01. The topological polar surface area (TPSA) is 41.5 Å². The molecule has 0 fully saturated rings. The summed E-state index contributed by atoms with van der Waals surface area (Å²) in [5.74, 6) is 0.875. The molecule has 17 heavy (non-hydrogen) atoms. The molecule has 3 heteroatoms. The lowest BCUT2D eigenvalue weighted by Gasteiger charge is -2.07. The van der Waals surface area contributed by atoms with E-state index in [2.05, 4.69) is 18.0 Å². The molecule has 0 aliphatic heterocycles. The van der Waals surface area contributed by atoms with Gasteiger partial charge in [0.2, 0.25) is 0 Å². The number of unbranched alkanes of at least 4 members (excludes halogenated alkanes) is 1. The van der Waals surface area contributed by atoms with Crippen LogP contribution in [0.2, 0.25) is 0 Å². The van der Waals surface area contributed by atoms with Crippen LogP contribution in [0.25, 0.3) is 0 Å². The van der Waals surface area contributed by atoms with Gasteiger partial charge in [-0.15, -0.1) is 0 Å². The second kappa shape index (κ2) is 8.79. The Bertz CT molecular complexity index is 326. The summed E-state index contributed by atoms with van der Waals surface area (Å²) in [5, 5.41) is 12.0. The lowest BCUT2D eigenvalue weighted by molar-refractivity contribution is 0.283. The Morgan fingerprint density at radius 3 is 3.00 bits per heavy atom. The fourth-order valence-electron chi connectivity index (χ4n) is 1.49. The van der Waals surface area contributed by atoms with E-state index in [4.69, 9.17) is 9.84 Å². The van der Waals surface area contributed by atoms with Gasteiger partial charge in [0.25, 0.3) is 0 Å². The lowest BCUT2D eigenvalue weighted by atomic mass is 10.2. The first-order chi connectivity index (χ1) is 8.36. The number of hydrogen-bond acceptors (Lipinski definition) is 3. The van der Waals surface area contributed by atoms with Gasteiger partial charge in [0.1, 0.15) is 12.4 Å². The number of benzene rings is 1. The van der Waals surface area contributed by atoms with E-state index in [0.717, 1.165) is 31.7 Å². The molecule has 0 unspecified atom stereocenters. The summed E-state index contributed by atoms with van der Waals surface area (Å²) in [4.78, 5) is 0. The normalized spacial score (nSPS) is 10.2. The second-order valence-electron chi connectivity index (χ2n) is 3.85. The highest BCUT2D eigenvalue weighted by Crippen LogP contribution is 2.13. The summed E-state index contributed by atoms with van der Waals surface area (Å²) < 4.78 is 5.46. The van der Waals surface area contributed by atoms with Crippen LogP contribution < -0.4 is 10.1 Å². The molecular weight excluding hydrogens is 214 g/mol. The van der Waals surface area contributed by atoms with Crippen LogP contribution in [0.3, 0.4) is 0 Å². The van der Waals surface area contributed by atoms with Gasteiger partial charge in [-0.05, 0) is 37.1 Å². The smallest absolute Gasteiger partial charge is 0.120 e. The maximum Gasteiger partial charge on any atom is 0.120 e. The molecule has 1 aromatic carbocycles. The van der Waals surface area contributed by atoms with E-state index in [1.165, 1.54) is 5.56 Å². The molecule has 0 bridgehead atoms. The van der Waals surface area contributed by atoms with Crippen LogP contribution in [0.4, 0.5) is 0 Å². The summed E-state index contributed by atoms with van der Waals surface area (Å²) >= 11 is 0. The average molecular weight is 235 g/mol. The molecule has 0 saturated heterocycles. The zero-order valence-corrected chi connectivity index (χ0v) is 10.2. The van der Waals surface area contributed by atoms with E-state index in [-0.39, 0.29) is 6.61 Å². The molecule has 2 N–H and O–H groups in total. The molecule has 3 nitrogen and oxygen atoms in total. The van der Waals surface area contributed by atoms with Gasteiger partial charge in [-0.1, -0.05) is 24.8 Å². The highest BCUT2D eigenvalue weighted by molar-refractivity contribution is 5.28. The van der Waals surface area contributed by atoms with Gasteiger partial charge in [0.15, 0.2) is 0 Å². The fourth-order valence-corrected chi connectivity index (χ4v) is 1.49. The highest BCUT2D eigenvalue weighted by atomic mass is 16.5. The van der Waals surface area contributed by atoms with Gasteiger partial charge >= 0.3 is 0 Å². The summed E-state index contributed by atoms with van der Waals surface area (Å²) in [7, 11) is 0. The Labute approximate surface area is 103 Å². The minimum absolute atomic E-state index is 0.270. The van der Waals surface area contributed by atoms with Crippen LogP contribution in [-0.2, 0) is 6.54 Å². The van der Waals surface area contributed by atoms with Gasteiger partial charge in [0, 0.05) is 13.2 Å². The van der Waals surface area contributed by atoms with Gasteiger partial charge in [0.05, 0.1) is 0 Å². The van der Waals surface area contributed by atoms with Crippen molar-refractivity contribution < 1.29 is 9.84 Å². The Hall–Kier alpha value is -1.32. The Kier molecular flexibility index (Phi) is 7.11. The third kappa shape index (κ3) is 6.09. The van der Waals surface area contributed by atoms with Crippen molar-refractivity contribution in [2.45, 2.75) is 19.4 Å². The first-order valence-electron chi connectivity index (χ1n) is 6.01. The molecule has 1 aromatic rings. The van der Waals surface area contributed by atoms with Crippen LogP contribution in [-0.4, -0.2) is 24.9 Å². The number of nitrogens with one attached hydrogen (secondary N) is 1. The Balaban J connectivity index is 2.29. The van der Waals surface area contributed by atoms with Gasteiger partial charge in [-0.25, -0.2) is 0 Å². The van der Waals surface area contributed by atoms with Gasteiger partial charge in [-0.2, -0.15) is 0 Å². The summed E-state index contributed by atoms with van der Waals surface area (Å²) in [6.45, 7) is 6.18. The standard InChI is InChI=1S/C14H21NO2/c1-2-10-17-14-7-5-6-13(11-14)12-15-8-3-4-9-16/h2,5-7,11,15-16H,1,3-4,8-10,12H2. The molecule has 0 saturated carbocycles. The van der Waals surface area contributed by atoms with E-state index < -0.39 is 0 Å². The van der Waals surface area contributed by atoms with E-state index in [9.17, 15) is 0 Å². The van der Waals surface area contributed by atoms with E-state index in [0.29, 0.717) is 6.61 Å². The Morgan fingerprint density at radius 2 is 2.24 bits per heavy atom. The SMILES string of the molecule is C=CCOc1cccc(CNCCCCO)c1. The zero-order chi connectivity index (χ0) is 12.3. The molecule has 94 valence electrons. The molecule has 0 aliphatic rings. The van der Waals surface area contributed by atoms with E-state index in [1.54, 1.807) is 6.08 Å². The Morgan fingerprint density at radius 1 is 1.35 bits per heavy atom. The summed E-state index contributed by atoms with van der Waals surface area (Å²) in [5.41, 5.74) is 1.20. The number of rotatable bonds is 9. The van der Waals surface area contributed by atoms with Crippen LogP contribution in [0.5, 0.6) is 5.75 Å². The van der Waals surface area contributed by atoms with Gasteiger partial charge < -0.3 is 15.2 Å². The quantitative estimate of drug-likeness (QED) is 0.509. The summed E-state index contributed by atoms with van der Waals surface area (Å²) in [6.07, 6.45) is 3.60. The van der Waals surface area contributed by atoms with Crippen molar-refractivity contribution >= 4 is 0 Å². The molecule has 1 rings (SSSR count). The predicted octanol–water partition coefficient (Wildman–Crippen LogP) is 2.11. The first kappa shape index (κ1) is 13.7. The molecule has 0 amide bonds. The highest BCUT2D eigenvalue weighted by Gasteiger charge is 1.96. The molecule has 0 atom stereocenters. The second-order valence-corrected chi connectivity index (χ2v) is 3.85. The largest absolute Gasteiger partial charge is 0.490 e. The van der Waals surface area contributed by atoms with Crippen molar-refractivity contribution in [3.8, 4) is 5.75 Å². The maximum atomic E-state index is 8.65. The third-order valence-corrected chi connectivity index (χ3v) is 2.36. The number of ether oxygens (including phenoxy) is 1. The fraction of sp³-hybridized carbons (Fsp3) is 0.429. The van der Waals surface area contributed by atoms with Crippen LogP contribution in [0.1, 0.15) is 18.4 Å². The maximum absolute atomic E-state index is 8.65. The predicted molar refractivity (Wildman–Crippen MR) is 70.2 cm³/mol. The lowest BCUT2D eigenvalue weighted by Crippen LogP contribution is -2.15. The van der Waals surface area contributed by atoms with Gasteiger partial charge in [-0.3, -0.25) is 0 Å². The van der Waals surface area contributed by atoms with Crippen LogP contribution >= 0.6 is 0 Å². The van der Waals surface area contributed by atoms with Crippen molar-refractivity contribution in [3.05, 3.63) is 42.5 Å². The minimum atomic E-state index is 0.270. The van der Waals surface area contributed by atoms with Crippen molar-refractivity contribution in [2.24, 2.45) is 0 Å². The zero-order valence-electron chi connectivity index (χ0n) is 10.2. The molecule has 0 radical (unpaired) electrons. The van der Waals surface area contributed by atoms with Crippen molar-refractivity contribution in [1.82, 2.24) is 5.32 Å². The van der Waals surface area contributed by atoms with Crippen molar-refractivity contribution in [1.29, 1.82) is 0 Å². The summed E-state index contributed by atoms with van der Waals surface area (Å²) in [6, 6.07) is 8.03. The molecule has 0 aromatic heterocycles. The van der Waals surface area contributed by atoms with Crippen molar-refractivity contribution in [2.75, 3.05) is 19.8 Å². The van der Waals surface area contributed by atoms with E-state index >= 15 is 0 Å². The molecule has 0 spiro atoms. The minimum Gasteiger partial charge on any atom is -0.490 e. The van der Waals surface area contributed by atoms with Crippen LogP contribution in [0, 0.1) is 0 Å². The monoisotopic (exact) mass is 235 g/mol. The van der Waals surface area contributed by atoms with Crippen molar-refractivity contribution in [3.63, 3.8) is 0 Å². The third-order valence-electron chi connectivity index (χ3n) is 2.36.